The summed E-state index contributed by atoms with van der Waals surface area (Å²) in [5.41, 5.74) is 0. The fourth-order valence-electron chi connectivity index (χ4n) is 2.26. The van der Waals surface area contributed by atoms with Crippen molar-refractivity contribution < 1.29 is 4.79 Å². The van der Waals surface area contributed by atoms with E-state index >= 15 is 0 Å². The highest BCUT2D eigenvalue weighted by molar-refractivity contribution is 5.81. The standard InChI is InChI=1S/C12H24N2O/c1-4-13(5-2)12(15)11(3)14-9-7-6-8-10-14/h11H,4-10H2,1-3H3. The van der Waals surface area contributed by atoms with Crippen molar-refractivity contribution in [2.75, 3.05) is 26.2 Å². The summed E-state index contributed by atoms with van der Waals surface area (Å²) < 4.78 is 0. The zero-order valence-electron chi connectivity index (χ0n) is 10.3. The molecule has 0 N–H and O–H groups in total. The molecule has 1 saturated heterocycles. The first kappa shape index (κ1) is 12.5. The molecule has 0 spiro atoms. The number of piperidine rings is 1. The molecule has 3 heteroatoms. The molecular weight excluding hydrogens is 188 g/mol. The fraction of sp³-hybridized carbons (Fsp3) is 0.917. The Kier molecular flexibility index (Phi) is 5.09. The minimum atomic E-state index is 0.0743. The maximum Gasteiger partial charge on any atom is 0.239 e. The Hall–Kier alpha value is -0.570. The maximum atomic E-state index is 12.1. The summed E-state index contributed by atoms with van der Waals surface area (Å²) in [7, 11) is 0. The van der Waals surface area contributed by atoms with E-state index in [1.54, 1.807) is 0 Å². The number of likely N-dealkylation sites (tertiary alicyclic amines) is 1. The average molecular weight is 212 g/mol. The average Bonchev–Trinajstić information content (AvgIpc) is 2.30. The Balaban J connectivity index is 2.49. The topological polar surface area (TPSA) is 23.6 Å². The zero-order chi connectivity index (χ0) is 11.3. The molecule has 15 heavy (non-hydrogen) atoms. The normalized spacial score (nSPS) is 19.9. The lowest BCUT2D eigenvalue weighted by Crippen LogP contribution is -2.48. The highest BCUT2D eigenvalue weighted by Gasteiger charge is 2.25. The minimum absolute atomic E-state index is 0.0743. The molecule has 1 atom stereocenters. The monoisotopic (exact) mass is 212 g/mol. The second-order valence-electron chi connectivity index (χ2n) is 4.28. The molecule has 1 unspecified atom stereocenters. The first-order valence-corrected chi connectivity index (χ1v) is 6.23. The lowest BCUT2D eigenvalue weighted by molar-refractivity contribution is -0.136. The SMILES string of the molecule is CCN(CC)C(=O)C(C)N1CCCCC1. The van der Waals surface area contributed by atoms with Crippen LogP contribution in [-0.4, -0.2) is 47.9 Å². The number of nitrogens with zero attached hydrogens (tertiary/aromatic N) is 2. The number of carbonyl (C=O) groups excluding carboxylic acids is 1. The molecule has 0 aromatic carbocycles. The number of carbonyl (C=O) groups is 1. The molecule has 0 saturated carbocycles. The molecule has 1 heterocycles. The first-order chi connectivity index (χ1) is 7.20. The summed E-state index contributed by atoms with van der Waals surface area (Å²) in [6.45, 7) is 9.98. The van der Waals surface area contributed by atoms with Crippen LogP contribution in [0.2, 0.25) is 0 Å². The van der Waals surface area contributed by atoms with E-state index in [9.17, 15) is 4.79 Å². The predicted molar refractivity (Wildman–Crippen MR) is 62.8 cm³/mol. The van der Waals surface area contributed by atoms with Gasteiger partial charge in [0, 0.05) is 13.1 Å². The van der Waals surface area contributed by atoms with Crippen LogP contribution in [0.15, 0.2) is 0 Å². The molecule has 0 aromatic heterocycles. The van der Waals surface area contributed by atoms with E-state index in [4.69, 9.17) is 0 Å². The van der Waals surface area contributed by atoms with Gasteiger partial charge < -0.3 is 4.90 Å². The quantitative estimate of drug-likeness (QED) is 0.708. The highest BCUT2D eigenvalue weighted by atomic mass is 16.2. The van der Waals surface area contributed by atoms with Crippen molar-refractivity contribution in [2.24, 2.45) is 0 Å². The summed E-state index contributed by atoms with van der Waals surface area (Å²) in [5, 5.41) is 0. The van der Waals surface area contributed by atoms with Gasteiger partial charge in [0.05, 0.1) is 6.04 Å². The van der Waals surface area contributed by atoms with Crippen LogP contribution in [0.1, 0.15) is 40.0 Å². The summed E-state index contributed by atoms with van der Waals surface area (Å²) >= 11 is 0. The van der Waals surface area contributed by atoms with Crippen molar-refractivity contribution in [3.8, 4) is 0 Å². The Morgan fingerprint density at radius 3 is 2.20 bits per heavy atom. The second-order valence-corrected chi connectivity index (χ2v) is 4.28. The zero-order valence-corrected chi connectivity index (χ0v) is 10.3. The van der Waals surface area contributed by atoms with Crippen molar-refractivity contribution >= 4 is 5.91 Å². The van der Waals surface area contributed by atoms with E-state index in [0.29, 0.717) is 5.91 Å². The molecule has 1 amide bonds. The van der Waals surface area contributed by atoms with Crippen molar-refractivity contribution in [1.29, 1.82) is 0 Å². The van der Waals surface area contributed by atoms with E-state index in [2.05, 4.69) is 4.90 Å². The van der Waals surface area contributed by atoms with Gasteiger partial charge in [-0.3, -0.25) is 9.69 Å². The van der Waals surface area contributed by atoms with Gasteiger partial charge in [0.2, 0.25) is 5.91 Å². The largest absolute Gasteiger partial charge is 0.342 e. The molecule has 1 aliphatic heterocycles. The third-order valence-electron chi connectivity index (χ3n) is 3.37. The smallest absolute Gasteiger partial charge is 0.239 e. The second kappa shape index (κ2) is 6.11. The van der Waals surface area contributed by atoms with E-state index in [-0.39, 0.29) is 6.04 Å². The number of likely N-dealkylation sites (N-methyl/N-ethyl adjacent to an activating group) is 1. The third-order valence-corrected chi connectivity index (χ3v) is 3.37. The van der Waals surface area contributed by atoms with Crippen molar-refractivity contribution in [3.05, 3.63) is 0 Å². The van der Waals surface area contributed by atoms with Crippen LogP contribution < -0.4 is 0 Å². The molecule has 1 aliphatic rings. The number of rotatable bonds is 4. The molecule has 3 nitrogen and oxygen atoms in total. The van der Waals surface area contributed by atoms with Crippen molar-refractivity contribution in [2.45, 2.75) is 46.1 Å². The predicted octanol–water partition coefficient (Wildman–Crippen LogP) is 1.73. The number of amides is 1. The third kappa shape index (κ3) is 3.20. The molecule has 0 aliphatic carbocycles. The lowest BCUT2D eigenvalue weighted by atomic mass is 10.1. The van der Waals surface area contributed by atoms with Crippen LogP contribution in [0, 0.1) is 0 Å². The van der Waals surface area contributed by atoms with Gasteiger partial charge >= 0.3 is 0 Å². The van der Waals surface area contributed by atoms with Gasteiger partial charge in [-0.25, -0.2) is 0 Å². The highest BCUT2D eigenvalue weighted by Crippen LogP contribution is 2.13. The fourth-order valence-corrected chi connectivity index (χ4v) is 2.26. The molecule has 0 radical (unpaired) electrons. The van der Waals surface area contributed by atoms with Crippen LogP contribution >= 0.6 is 0 Å². The van der Waals surface area contributed by atoms with Gasteiger partial charge in [-0.15, -0.1) is 0 Å². The first-order valence-electron chi connectivity index (χ1n) is 6.23. The van der Waals surface area contributed by atoms with Gasteiger partial charge in [0.25, 0.3) is 0 Å². The summed E-state index contributed by atoms with van der Waals surface area (Å²) in [6.07, 6.45) is 3.81. The van der Waals surface area contributed by atoms with E-state index in [1.165, 1.54) is 19.3 Å². The van der Waals surface area contributed by atoms with Gasteiger partial charge in [-0.2, -0.15) is 0 Å². The Morgan fingerprint density at radius 2 is 1.73 bits per heavy atom. The van der Waals surface area contributed by atoms with Gasteiger partial charge in [0.1, 0.15) is 0 Å². The Morgan fingerprint density at radius 1 is 1.20 bits per heavy atom. The van der Waals surface area contributed by atoms with Gasteiger partial charge in [-0.05, 0) is 46.7 Å². The van der Waals surface area contributed by atoms with Crippen LogP contribution in [0.3, 0.4) is 0 Å². The Bertz CT molecular complexity index is 196. The molecule has 1 fully saturated rings. The van der Waals surface area contributed by atoms with Crippen LogP contribution in [-0.2, 0) is 4.79 Å². The molecule has 0 bridgehead atoms. The number of hydrogen-bond donors (Lipinski definition) is 0. The number of hydrogen-bond acceptors (Lipinski definition) is 2. The van der Waals surface area contributed by atoms with Gasteiger partial charge in [0.15, 0.2) is 0 Å². The molecule has 1 rings (SSSR count). The van der Waals surface area contributed by atoms with Gasteiger partial charge in [-0.1, -0.05) is 6.42 Å². The Labute approximate surface area is 93.4 Å². The minimum Gasteiger partial charge on any atom is -0.342 e. The lowest BCUT2D eigenvalue weighted by Gasteiger charge is -2.34. The van der Waals surface area contributed by atoms with Crippen LogP contribution in [0.25, 0.3) is 0 Å². The molecule has 88 valence electrons. The maximum absolute atomic E-state index is 12.1. The van der Waals surface area contributed by atoms with Crippen molar-refractivity contribution in [1.82, 2.24) is 9.80 Å². The molecule has 0 aromatic rings. The molecular formula is C12H24N2O. The van der Waals surface area contributed by atoms with E-state index < -0.39 is 0 Å². The van der Waals surface area contributed by atoms with E-state index in [1.807, 2.05) is 25.7 Å². The summed E-state index contributed by atoms with van der Waals surface area (Å²) in [6, 6.07) is 0.0743. The summed E-state index contributed by atoms with van der Waals surface area (Å²) in [4.78, 5) is 16.3. The van der Waals surface area contributed by atoms with Crippen LogP contribution in [0.4, 0.5) is 0 Å². The summed E-state index contributed by atoms with van der Waals surface area (Å²) in [5.74, 6) is 0.293. The van der Waals surface area contributed by atoms with E-state index in [0.717, 1.165) is 26.2 Å². The van der Waals surface area contributed by atoms with Crippen molar-refractivity contribution in [3.63, 3.8) is 0 Å². The van der Waals surface area contributed by atoms with Crippen LogP contribution in [0.5, 0.6) is 0 Å².